The van der Waals surface area contributed by atoms with Gasteiger partial charge >= 0.3 is 0 Å². The Balaban J connectivity index is 1.54. The first-order chi connectivity index (χ1) is 18.8. The molecule has 8 nitrogen and oxygen atoms in total. The average molecular weight is 520 g/mol. The highest BCUT2D eigenvalue weighted by molar-refractivity contribution is 6.28. The second-order valence-electron chi connectivity index (χ2n) is 9.65. The molecular weight excluding hydrogens is 490 g/mol. The lowest BCUT2D eigenvalue weighted by Crippen LogP contribution is -2.44. The Morgan fingerprint density at radius 1 is 0.923 bits per heavy atom. The van der Waals surface area contributed by atoms with E-state index >= 15 is 0 Å². The molecule has 0 unspecified atom stereocenters. The van der Waals surface area contributed by atoms with Crippen LogP contribution in [-0.2, 0) is 14.4 Å². The van der Waals surface area contributed by atoms with Gasteiger partial charge in [-0.2, -0.15) is 5.10 Å². The number of aryl methyl sites for hydroxylation is 1. The summed E-state index contributed by atoms with van der Waals surface area (Å²) in [5.41, 5.74) is 3.59. The second-order valence-corrected chi connectivity index (χ2v) is 9.65. The molecule has 5 rings (SSSR count). The van der Waals surface area contributed by atoms with E-state index in [1.54, 1.807) is 17.0 Å². The normalized spacial score (nSPS) is 14.9. The van der Waals surface area contributed by atoms with Crippen molar-refractivity contribution in [3.63, 3.8) is 0 Å². The minimum atomic E-state index is -0.575. The summed E-state index contributed by atoms with van der Waals surface area (Å²) in [6.07, 6.45) is 4.53. The van der Waals surface area contributed by atoms with E-state index in [4.69, 9.17) is 0 Å². The third-order valence-electron chi connectivity index (χ3n) is 6.55. The Hall–Kier alpha value is -4.98. The summed E-state index contributed by atoms with van der Waals surface area (Å²) in [6, 6.07) is 24.0. The number of rotatable bonds is 6. The van der Waals surface area contributed by atoms with Gasteiger partial charge in [-0.3, -0.25) is 24.4 Å². The van der Waals surface area contributed by atoms with Gasteiger partial charge in [0, 0.05) is 35.2 Å². The van der Waals surface area contributed by atoms with Crippen LogP contribution in [0.25, 0.3) is 17.0 Å². The predicted molar refractivity (Wildman–Crippen MR) is 153 cm³/mol. The number of aromatic nitrogens is 2. The maximum Gasteiger partial charge on any atom is 0.268 e. The van der Waals surface area contributed by atoms with Gasteiger partial charge in [0.1, 0.15) is 12.1 Å². The fourth-order valence-electron chi connectivity index (χ4n) is 4.59. The maximum absolute atomic E-state index is 13.9. The van der Waals surface area contributed by atoms with E-state index in [1.165, 1.54) is 28.3 Å². The fraction of sp³-hybridized carbons (Fsp3) is 0.161. The van der Waals surface area contributed by atoms with E-state index in [0.29, 0.717) is 16.9 Å². The zero-order valence-corrected chi connectivity index (χ0v) is 22.0. The topological polar surface area (TPSA) is 89.6 Å². The minimum Gasteiger partial charge on any atom is -0.308 e. The van der Waals surface area contributed by atoms with E-state index in [-0.39, 0.29) is 24.1 Å². The molecule has 1 N–H and O–H groups in total. The summed E-state index contributed by atoms with van der Waals surface area (Å²) >= 11 is 0. The van der Waals surface area contributed by atoms with Gasteiger partial charge < -0.3 is 9.80 Å². The van der Waals surface area contributed by atoms with Gasteiger partial charge in [0.05, 0.1) is 11.2 Å². The molecule has 196 valence electrons. The smallest absolute Gasteiger partial charge is 0.268 e. The second kappa shape index (κ2) is 10.8. The molecule has 3 amide bonds. The summed E-state index contributed by atoms with van der Waals surface area (Å²) < 4.78 is 0. The van der Waals surface area contributed by atoms with E-state index in [9.17, 15) is 14.4 Å². The zero-order chi connectivity index (χ0) is 27.5. The SMILES string of the molecule is Cc1ccc(N(C(=O)CN2C=CN(c3ccccc3)C(=O)/C(=C/c3[nH]nc4ccccc34)C2=O)C(C)C)cc1. The zero-order valence-electron chi connectivity index (χ0n) is 22.0. The number of carbonyl (C=O) groups excluding carboxylic acids is 3. The van der Waals surface area contributed by atoms with Crippen molar-refractivity contribution >= 4 is 46.1 Å². The number of amides is 3. The molecule has 0 bridgehead atoms. The van der Waals surface area contributed by atoms with Crippen LogP contribution in [-0.4, -0.2) is 45.4 Å². The highest BCUT2D eigenvalue weighted by Gasteiger charge is 2.33. The first kappa shape index (κ1) is 25.7. The van der Waals surface area contributed by atoms with Crippen molar-refractivity contribution in [2.45, 2.75) is 26.8 Å². The number of H-pyrrole nitrogens is 1. The molecule has 0 atom stereocenters. The predicted octanol–water partition coefficient (Wildman–Crippen LogP) is 5.04. The van der Waals surface area contributed by atoms with E-state index < -0.39 is 11.8 Å². The van der Waals surface area contributed by atoms with Crippen molar-refractivity contribution in [2.75, 3.05) is 16.3 Å². The lowest BCUT2D eigenvalue weighted by molar-refractivity contribution is -0.131. The largest absolute Gasteiger partial charge is 0.308 e. The summed E-state index contributed by atoms with van der Waals surface area (Å²) in [5.74, 6) is -1.34. The van der Waals surface area contributed by atoms with Gasteiger partial charge in [0.25, 0.3) is 11.8 Å². The Labute approximate surface area is 226 Å². The Bertz CT molecular complexity index is 1590. The third kappa shape index (κ3) is 5.22. The number of aromatic amines is 1. The molecule has 0 fully saturated rings. The maximum atomic E-state index is 13.9. The van der Waals surface area contributed by atoms with Crippen LogP contribution in [0.2, 0.25) is 0 Å². The summed E-state index contributed by atoms with van der Waals surface area (Å²) in [6.45, 7) is 5.59. The number of para-hydroxylation sites is 2. The van der Waals surface area contributed by atoms with Gasteiger partial charge in [-0.1, -0.05) is 54.1 Å². The molecule has 39 heavy (non-hydrogen) atoms. The molecule has 0 saturated heterocycles. The van der Waals surface area contributed by atoms with Crippen molar-refractivity contribution in [3.05, 3.63) is 108 Å². The molecule has 2 heterocycles. The first-order valence-electron chi connectivity index (χ1n) is 12.7. The first-order valence-corrected chi connectivity index (χ1v) is 12.7. The molecule has 0 saturated carbocycles. The Morgan fingerprint density at radius 3 is 2.33 bits per heavy atom. The molecule has 1 aliphatic rings. The Morgan fingerprint density at radius 2 is 1.62 bits per heavy atom. The molecule has 3 aromatic carbocycles. The van der Waals surface area contributed by atoms with E-state index in [1.807, 2.05) is 87.5 Å². The van der Waals surface area contributed by atoms with Gasteiger partial charge in [0.15, 0.2) is 0 Å². The molecule has 0 radical (unpaired) electrons. The number of nitrogens with one attached hydrogen (secondary N) is 1. The lowest BCUT2D eigenvalue weighted by Gasteiger charge is -2.29. The number of fused-ring (bicyclic) bond motifs is 1. The highest BCUT2D eigenvalue weighted by Crippen LogP contribution is 2.25. The van der Waals surface area contributed by atoms with Crippen LogP contribution in [0.5, 0.6) is 0 Å². The van der Waals surface area contributed by atoms with Crippen molar-refractivity contribution in [1.82, 2.24) is 15.1 Å². The summed E-state index contributed by atoms with van der Waals surface area (Å²) in [7, 11) is 0. The fourth-order valence-corrected chi connectivity index (χ4v) is 4.59. The quantitative estimate of drug-likeness (QED) is 0.285. The van der Waals surface area contributed by atoms with Crippen molar-refractivity contribution in [3.8, 4) is 0 Å². The molecule has 4 aromatic rings. The van der Waals surface area contributed by atoms with Crippen LogP contribution in [0, 0.1) is 6.92 Å². The molecule has 8 heteroatoms. The van der Waals surface area contributed by atoms with Gasteiger partial charge in [-0.15, -0.1) is 0 Å². The average Bonchev–Trinajstić information content (AvgIpc) is 3.30. The van der Waals surface area contributed by atoms with Crippen LogP contribution in [0.1, 0.15) is 25.1 Å². The van der Waals surface area contributed by atoms with Crippen LogP contribution in [0.3, 0.4) is 0 Å². The van der Waals surface area contributed by atoms with Gasteiger partial charge in [-0.25, -0.2) is 0 Å². The molecule has 1 aromatic heterocycles. The van der Waals surface area contributed by atoms with Gasteiger partial charge in [-0.05, 0) is 57.2 Å². The third-order valence-corrected chi connectivity index (χ3v) is 6.55. The number of hydrogen-bond donors (Lipinski definition) is 1. The summed E-state index contributed by atoms with van der Waals surface area (Å²) in [5, 5.41) is 8.00. The molecule has 0 aliphatic carbocycles. The van der Waals surface area contributed by atoms with Gasteiger partial charge in [0.2, 0.25) is 5.91 Å². The van der Waals surface area contributed by atoms with Crippen molar-refractivity contribution < 1.29 is 14.4 Å². The number of nitrogens with zero attached hydrogens (tertiary/aromatic N) is 4. The van der Waals surface area contributed by atoms with Crippen LogP contribution >= 0.6 is 0 Å². The minimum absolute atomic E-state index is 0.0857. The lowest BCUT2D eigenvalue weighted by atomic mass is 10.1. The van der Waals surface area contributed by atoms with Crippen LogP contribution < -0.4 is 9.80 Å². The molecular formula is C31H29N5O3. The number of carbonyl (C=O) groups is 3. The van der Waals surface area contributed by atoms with E-state index in [2.05, 4.69) is 10.2 Å². The number of benzene rings is 3. The van der Waals surface area contributed by atoms with Crippen molar-refractivity contribution in [1.29, 1.82) is 0 Å². The van der Waals surface area contributed by atoms with Crippen LogP contribution in [0.4, 0.5) is 11.4 Å². The van der Waals surface area contributed by atoms with Crippen molar-refractivity contribution in [2.24, 2.45) is 0 Å². The standard InChI is InChI=1S/C31H29N5O3/c1-21(2)36(24-15-13-22(3)14-16-24)29(37)20-34-17-18-35(23-9-5-4-6-10-23)31(39)26(30(34)38)19-28-25-11-7-8-12-27(25)32-33-28/h4-19,21H,20H2,1-3H3,(H,32,33)/b26-19+. The molecule has 0 spiro atoms. The highest BCUT2D eigenvalue weighted by atomic mass is 16.2. The number of hydrogen-bond acceptors (Lipinski definition) is 4. The Kier molecular flexibility index (Phi) is 7.10. The van der Waals surface area contributed by atoms with E-state index in [0.717, 1.165) is 16.6 Å². The number of anilines is 2. The monoisotopic (exact) mass is 519 g/mol. The summed E-state index contributed by atoms with van der Waals surface area (Å²) in [4.78, 5) is 45.6. The molecule has 1 aliphatic heterocycles. The van der Waals surface area contributed by atoms with Crippen LogP contribution in [0.15, 0.2) is 96.8 Å².